The molecule has 1 heterocycles. The fraction of sp³-hybridized carbons (Fsp3) is 0.846. The Morgan fingerprint density at radius 2 is 2.00 bits per heavy atom. The predicted octanol–water partition coefficient (Wildman–Crippen LogP) is 1.89. The average Bonchev–Trinajstić information content (AvgIpc) is 2.82. The Morgan fingerprint density at radius 1 is 1.30 bits per heavy atom. The van der Waals surface area contributed by atoms with Gasteiger partial charge in [-0.2, -0.15) is 4.98 Å². The summed E-state index contributed by atoms with van der Waals surface area (Å²) in [6, 6.07) is 0.293. The molecule has 2 unspecified atom stereocenters. The van der Waals surface area contributed by atoms with E-state index >= 15 is 0 Å². The van der Waals surface area contributed by atoms with Crippen molar-refractivity contribution >= 4 is 9.84 Å². The van der Waals surface area contributed by atoms with E-state index in [1.807, 2.05) is 0 Å². The molecule has 0 saturated heterocycles. The molecule has 0 radical (unpaired) electrons. The van der Waals surface area contributed by atoms with Crippen molar-refractivity contribution in [3.63, 3.8) is 0 Å². The van der Waals surface area contributed by atoms with Crippen LogP contribution < -0.4 is 5.32 Å². The molecule has 116 valence electrons. The molecule has 1 rings (SSSR count). The average molecular weight is 303 g/mol. The van der Waals surface area contributed by atoms with E-state index in [-0.39, 0.29) is 5.82 Å². The first kappa shape index (κ1) is 17.1. The van der Waals surface area contributed by atoms with Gasteiger partial charge in [0, 0.05) is 18.7 Å². The molecule has 0 saturated carbocycles. The number of sulfone groups is 1. The second-order valence-corrected chi connectivity index (χ2v) is 7.53. The maximum atomic E-state index is 11.5. The lowest BCUT2D eigenvalue weighted by molar-refractivity contribution is 0.346. The summed E-state index contributed by atoms with van der Waals surface area (Å²) in [4.78, 5) is 4.21. The summed E-state index contributed by atoms with van der Waals surface area (Å²) in [7, 11) is -3.20. The van der Waals surface area contributed by atoms with Gasteiger partial charge in [-0.3, -0.25) is 0 Å². The maximum absolute atomic E-state index is 11.5. The molecule has 0 aliphatic carbocycles. The van der Waals surface area contributed by atoms with Crippen LogP contribution in [0.1, 0.15) is 57.0 Å². The fourth-order valence-corrected chi connectivity index (χ4v) is 2.37. The van der Waals surface area contributed by atoms with Gasteiger partial charge in [0.05, 0.1) is 0 Å². The molecule has 6 nitrogen and oxygen atoms in total. The molecule has 1 aromatic rings. The lowest BCUT2D eigenvalue weighted by Crippen LogP contribution is -2.31. The number of nitrogens with one attached hydrogen (secondary N) is 1. The van der Waals surface area contributed by atoms with Crippen LogP contribution in [0.4, 0.5) is 0 Å². The molecular weight excluding hydrogens is 278 g/mol. The van der Waals surface area contributed by atoms with Gasteiger partial charge in [0.1, 0.15) is 5.25 Å². The van der Waals surface area contributed by atoms with E-state index in [4.69, 9.17) is 4.52 Å². The third kappa shape index (κ3) is 5.20. The molecular formula is C13H25N3O3S. The highest BCUT2D eigenvalue weighted by atomic mass is 32.2. The molecule has 7 heteroatoms. The van der Waals surface area contributed by atoms with Crippen LogP contribution in [0.15, 0.2) is 4.52 Å². The van der Waals surface area contributed by atoms with E-state index in [1.165, 1.54) is 6.26 Å². The number of hydrogen-bond acceptors (Lipinski definition) is 6. The minimum absolute atomic E-state index is 0.244. The lowest BCUT2D eigenvalue weighted by atomic mass is 10.1. The zero-order chi connectivity index (χ0) is 15.2. The molecule has 1 N–H and O–H groups in total. The van der Waals surface area contributed by atoms with Gasteiger partial charge in [-0.25, -0.2) is 8.42 Å². The fourth-order valence-electron chi connectivity index (χ4n) is 1.89. The van der Waals surface area contributed by atoms with Gasteiger partial charge in [0.15, 0.2) is 15.7 Å². The molecule has 0 aliphatic rings. The molecule has 0 amide bonds. The van der Waals surface area contributed by atoms with E-state index in [9.17, 15) is 8.42 Å². The summed E-state index contributed by atoms with van der Waals surface area (Å²) in [5.41, 5.74) is 0. The monoisotopic (exact) mass is 303 g/mol. The molecule has 1 aromatic heterocycles. The number of rotatable bonds is 9. The van der Waals surface area contributed by atoms with Crippen molar-refractivity contribution in [2.24, 2.45) is 0 Å². The second-order valence-electron chi connectivity index (χ2n) is 5.16. The van der Waals surface area contributed by atoms with Gasteiger partial charge in [-0.15, -0.1) is 0 Å². The van der Waals surface area contributed by atoms with E-state index in [2.05, 4.69) is 29.3 Å². The van der Waals surface area contributed by atoms with E-state index in [1.54, 1.807) is 6.92 Å². The maximum Gasteiger partial charge on any atom is 0.228 e. The van der Waals surface area contributed by atoms with Gasteiger partial charge >= 0.3 is 0 Å². The van der Waals surface area contributed by atoms with Crippen LogP contribution in [0.5, 0.6) is 0 Å². The highest BCUT2D eigenvalue weighted by Crippen LogP contribution is 2.18. The molecule has 20 heavy (non-hydrogen) atoms. The van der Waals surface area contributed by atoms with Crippen molar-refractivity contribution in [1.82, 2.24) is 15.5 Å². The normalized spacial score (nSPS) is 15.2. The van der Waals surface area contributed by atoms with Crippen molar-refractivity contribution in [3.05, 3.63) is 11.7 Å². The van der Waals surface area contributed by atoms with Crippen LogP contribution in [0.3, 0.4) is 0 Å². The second kappa shape index (κ2) is 7.73. The Bertz CT molecular complexity index is 499. The molecule has 0 aromatic carbocycles. The summed E-state index contributed by atoms with van der Waals surface area (Å²) < 4.78 is 28.1. The van der Waals surface area contributed by atoms with Crippen molar-refractivity contribution in [1.29, 1.82) is 0 Å². The third-order valence-corrected chi connectivity index (χ3v) is 4.73. The van der Waals surface area contributed by atoms with Crippen molar-refractivity contribution in [2.45, 2.75) is 57.7 Å². The van der Waals surface area contributed by atoms with Gasteiger partial charge in [0.25, 0.3) is 0 Å². The molecule has 0 aliphatic heterocycles. The molecule has 2 atom stereocenters. The topological polar surface area (TPSA) is 85.1 Å². The van der Waals surface area contributed by atoms with Gasteiger partial charge < -0.3 is 9.84 Å². The first-order valence-corrected chi connectivity index (χ1v) is 9.08. The zero-order valence-corrected chi connectivity index (χ0v) is 13.5. The van der Waals surface area contributed by atoms with E-state index in [0.717, 1.165) is 25.8 Å². The Labute approximate surface area is 121 Å². The summed E-state index contributed by atoms with van der Waals surface area (Å²) >= 11 is 0. The Kier molecular flexibility index (Phi) is 6.61. The standard InChI is InChI=1S/C13H25N3O3S/c1-5-7-11(14-8-6-2)9-12-15-13(16-19-12)10(3)20(4,17)18/h10-11,14H,5-9H2,1-4H3. The Hall–Kier alpha value is -0.950. The van der Waals surface area contributed by atoms with Gasteiger partial charge in [0.2, 0.25) is 5.89 Å². The summed E-state index contributed by atoms with van der Waals surface area (Å²) in [6.07, 6.45) is 4.98. The summed E-state index contributed by atoms with van der Waals surface area (Å²) in [5.74, 6) is 0.741. The predicted molar refractivity (Wildman–Crippen MR) is 78.3 cm³/mol. The minimum atomic E-state index is -3.20. The summed E-state index contributed by atoms with van der Waals surface area (Å²) in [6.45, 7) is 6.77. The summed E-state index contributed by atoms with van der Waals surface area (Å²) in [5, 5.41) is 6.50. The SMILES string of the molecule is CCCNC(CCC)Cc1nc(C(C)S(C)(=O)=O)no1. The Balaban J connectivity index is 2.70. The van der Waals surface area contributed by atoms with Crippen molar-refractivity contribution < 1.29 is 12.9 Å². The Morgan fingerprint density at radius 3 is 2.55 bits per heavy atom. The van der Waals surface area contributed by atoms with Gasteiger partial charge in [-0.1, -0.05) is 25.4 Å². The van der Waals surface area contributed by atoms with E-state index < -0.39 is 15.1 Å². The molecule has 0 bridgehead atoms. The zero-order valence-electron chi connectivity index (χ0n) is 12.7. The first-order valence-electron chi connectivity index (χ1n) is 7.13. The largest absolute Gasteiger partial charge is 0.339 e. The number of aromatic nitrogens is 2. The van der Waals surface area contributed by atoms with Crippen molar-refractivity contribution in [3.8, 4) is 0 Å². The first-order chi connectivity index (χ1) is 9.38. The minimum Gasteiger partial charge on any atom is -0.339 e. The third-order valence-electron chi connectivity index (χ3n) is 3.23. The number of nitrogens with zero attached hydrogens (tertiary/aromatic N) is 2. The van der Waals surface area contributed by atoms with Gasteiger partial charge in [-0.05, 0) is 26.3 Å². The van der Waals surface area contributed by atoms with Crippen LogP contribution in [0.25, 0.3) is 0 Å². The van der Waals surface area contributed by atoms with E-state index in [0.29, 0.717) is 18.4 Å². The van der Waals surface area contributed by atoms with Crippen LogP contribution in [-0.2, 0) is 16.3 Å². The molecule has 0 spiro atoms. The van der Waals surface area contributed by atoms with Crippen LogP contribution in [0.2, 0.25) is 0 Å². The number of hydrogen-bond donors (Lipinski definition) is 1. The smallest absolute Gasteiger partial charge is 0.228 e. The van der Waals surface area contributed by atoms with Crippen LogP contribution >= 0.6 is 0 Å². The molecule has 0 fully saturated rings. The highest BCUT2D eigenvalue weighted by Gasteiger charge is 2.23. The lowest BCUT2D eigenvalue weighted by Gasteiger charge is -2.15. The van der Waals surface area contributed by atoms with Crippen LogP contribution in [-0.4, -0.2) is 37.4 Å². The quantitative estimate of drug-likeness (QED) is 0.750. The highest BCUT2D eigenvalue weighted by molar-refractivity contribution is 7.90. The van der Waals surface area contributed by atoms with Crippen molar-refractivity contribution in [2.75, 3.05) is 12.8 Å². The van der Waals surface area contributed by atoms with Crippen LogP contribution in [0, 0.1) is 0 Å².